The molecule has 5 aromatic heterocycles. The van der Waals surface area contributed by atoms with Crippen LogP contribution >= 0.6 is 0 Å². The van der Waals surface area contributed by atoms with Crippen LogP contribution in [0.5, 0.6) is 0 Å². The summed E-state index contributed by atoms with van der Waals surface area (Å²) >= 11 is 0. The van der Waals surface area contributed by atoms with Gasteiger partial charge in [-0.15, -0.1) is 10.2 Å². The van der Waals surface area contributed by atoms with Crippen LogP contribution in [-0.2, 0) is 4.79 Å². The fourth-order valence-corrected chi connectivity index (χ4v) is 9.08. The minimum atomic E-state index is -0.348. The first-order valence-corrected chi connectivity index (χ1v) is 22.0. The molecule has 1 saturated heterocycles. The van der Waals surface area contributed by atoms with E-state index in [9.17, 15) is 19.2 Å². The molecule has 0 aromatic carbocycles. The maximum Gasteiger partial charge on any atom is 0.263 e. The molecule has 1 aliphatic heterocycles. The number of nitrogens with one attached hydrogen (secondary N) is 4. The molecule has 8 rings (SSSR count). The lowest BCUT2D eigenvalue weighted by Crippen LogP contribution is -2.50. The number of aryl methyl sites for hydroxylation is 1. The number of carbonyl (C=O) groups excluding carboxylic acids is 3. The second kappa shape index (κ2) is 18.9. The van der Waals surface area contributed by atoms with Gasteiger partial charge in [0, 0.05) is 84.1 Å². The van der Waals surface area contributed by atoms with Crippen molar-refractivity contribution >= 4 is 69.4 Å². The minimum Gasteiger partial charge on any atom is -0.373 e. The van der Waals surface area contributed by atoms with E-state index in [1.807, 2.05) is 49.3 Å². The molecule has 0 bridgehead atoms. The van der Waals surface area contributed by atoms with Crippen molar-refractivity contribution in [3.8, 4) is 0 Å². The number of pyridine rings is 3. The number of ketones is 1. The zero-order valence-electron chi connectivity index (χ0n) is 37.4. The normalized spacial score (nSPS) is 17.9. The Morgan fingerprint density at radius 3 is 2.27 bits per heavy atom. The third-order valence-electron chi connectivity index (χ3n) is 12.8. The zero-order valence-corrected chi connectivity index (χ0v) is 37.4. The molecule has 2 saturated carbocycles. The van der Waals surface area contributed by atoms with Crippen molar-refractivity contribution in [1.29, 1.82) is 0 Å². The number of Topliss-reactive ketones (excluding diaryl/α,β-unsaturated/α-hetero) is 1. The zero-order chi connectivity index (χ0) is 45.1. The highest BCUT2D eigenvalue weighted by atomic mass is 16.2. The largest absolute Gasteiger partial charge is 0.373 e. The second-order valence-corrected chi connectivity index (χ2v) is 17.2. The molecule has 3 fully saturated rings. The average Bonchev–Trinajstić information content (AvgIpc) is 4.00. The number of fused-ring (bicyclic) bond motifs is 1. The number of likely N-dealkylation sites (N-methyl/N-ethyl adjacent to an activating group) is 1. The first kappa shape index (κ1) is 43.9. The quantitative estimate of drug-likeness (QED) is 0.111. The predicted molar refractivity (Wildman–Crippen MR) is 248 cm³/mol. The van der Waals surface area contributed by atoms with E-state index in [1.54, 1.807) is 49.0 Å². The second-order valence-electron chi connectivity index (χ2n) is 17.2. The number of piperazine rings is 1. The van der Waals surface area contributed by atoms with Crippen molar-refractivity contribution in [1.82, 2.24) is 44.5 Å². The number of hydrogen-bond acceptors (Lipinski definition) is 16. The van der Waals surface area contributed by atoms with Gasteiger partial charge >= 0.3 is 0 Å². The Hall–Kier alpha value is -6.76. The average molecular weight is 872 g/mol. The van der Waals surface area contributed by atoms with Gasteiger partial charge in [0.15, 0.2) is 17.4 Å². The molecule has 0 radical (unpaired) electrons. The first-order valence-electron chi connectivity index (χ1n) is 22.0. The van der Waals surface area contributed by atoms with E-state index in [2.05, 4.69) is 56.2 Å². The fourth-order valence-electron chi connectivity index (χ4n) is 9.08. The van der Waals surface area contributed by atoms with Gasteiger partial charge in [-0.25, -0.2) is 15.0 Å². The number of aromatic nitrogens is 7. The highest BCUT2D eigenvalue weighted by Gasteiger charge is 2.32. The van der Waals surface area contributed by atoms with Crippen molar-refractivity contribution in [2.75, 3.05) is 92.0 Å². The predicted octanol–water partition coefficient (Wildman–Crippen LogP) is 4.71. The smallest absolute Gasteiger partial charge is 0.263 e. The molecule has 2 amide bonds. The lowest BCUT2D eigenvalue weighted by molar-refractivity contribution is -0.133. The maximum absolute atomic E-state index is 13.6. The highest BCUT2D eigenvalue weighted by Crippen LogP contribution is 2.33. The molecule has 3 aliphatic rings. The van der Waals surface area contributed by atoms with E-state index in [-0.39, 0.29) is 46.8 Å². The molecule has 19 heteroatoms. The monoisotopic (exact) mass is 871 g/mol. The lowest BCUT2D eigenvalue weighted by atomic mass is 10.0. The third kappa shape index (κ3) is 9.44. The van der Waals surface area contributed by atoms with Crippen molar-refractivity contribution in [2.45, 2.75) is 76.9 Å². The summed E-state index contributed by atoms with van der Waals surface area (Å²) in [7, 11) is 7.41. The van der Waals surface area contributed by atoms with Gasteiger partial charge in [-0.1, -0.05) is 12.8 Å². The number of amides is 2. The molecular formula is C45H57N15O4. The van der Waals surface area contributed by atoms with Crippen molar-refractivity contribution in [2.24, 2.45) is 0 Å². The van der Waals surface area contributed by atoms with Crippen LogP contribution in [0.15, 0.2) is 53.6 Å². The molecule has 6 heterocycles. The van der Waals surface area contributed by atoms with Crippen molar-refractivity contribution in [3.05, 3.63) is 75.8 Å². The van der Waals surface area contributed by atoms with Crippen LogP contribution in [0.2, 0.25) is 0 Å². The van der Waals surface area contributed by atoms with E-state index in [0.29, 0.717) is 63.7 Å². The van der Waals surface area contributed by atoms with Crippen LogP contribution < -0.4 is 36.6 Å². The van der Waals surface area contributed by atoms with Gasteiger partial charge in [-0.3, -0.25) is 28.6 Å². The van der Waals surface area contributed by atoms with E-state index in [1.165, 1.54) is 6.92 Å². The topological polar surface area (TPSA) is 212 Å². The molecule has 19 nitrogen and oxygen atoms in total. The summed E-state index contributed by atoms with van der Waals surface area (Å²) in [6, 6.07) is 11.0. The molecule has 2 aliphatic carbocycles. The van der Waals surface area contributed by atoms with Gasteiger partial charge in [0.1, 0.15) is 23.1 Å². The summed E-state index contributed by atoms with van der Waals surface area (Å²) in [5, 5.41) is 21.6. The van der Waals surface area contributed by atoms with E-state index >= 15 is 0 Å². The standard InChI is InChI=1S/C45H57N15O4/c1-27-34-25-48-45(53-42(34)60(30-9-7-8-10-30)44(64)40(27)28(2)61)52-36-15-13-32(24-47-36)59-21-19-58(20-22-59)26-39(62)57(6)31-12-11-29(23-31)49-41-33(14-16-35(46-3)50-41)43(63)51-37-17-18-38(55-54-37)56(4)5/h13-18,24-25,29-31H,7-12,19-23,26H2,1-6H3,(H2,46,49,50)(H,51,54,63)(H,47,48,52,53). The summed E-state index contributed by atoms with van der Waals surface area (Å²) < 4.78 is 1.71. The molecule has 4 N–H and O–H groups in total. The molecular weight excluding hydrogens is 815 g/mol. The number of carbonyl (C=O) groups is 3. The Kier molecular flexibility index (Phi) is 13.0. The van der Waals surface area contributed by atoms with Gasteiger partial charge in [0.25, 0.3) is 11.5 Å². The number of hydrogen-bond donors (Lipinski definition) is 4. The van der Waals surface area contributed by atoms with Crippen LogP contribution in [0.4, 0.5) is 40.7 Å². The Balaban J connectivity index is 0.831. The number of anilines is 7. The van der Waals surface area contributed by atoms with E-state index in [0.717, 1.165) is 76.8 Å². The Morgan fingerprint density at radius 2 is 1.59 bits per heavy atom. The van der Waals surface area contributed by atoms with Crippen LogP contribution in [0, 0.1) is 6.92 Å². The van der Waals surface area contributed by atoms with Crippen LogP contribution in [0.1, 0.15) is 84.2 Å². The summed E-state index contributed by atoms with van der Waals surface area (Å²) in [4.78, 5) is 79.9. The summed E-state index contributed by atoms with van der Waals surface area (Å²) in [5.41, 5.74) is 2.42. The van der Waals surface area contributed by atoms with Crippen molar-refractivity contribution in [3.63, 3.8) is 0 Å². The Morgan fingerprint density at radius 1 is 0.844 bits per heavy atom. The van der Waals surface area contributed by atoms with Gasteiger partial charge in [-0.05, 0) is 87.9 Å². The summed E-state index contributed by atoms with van der Waals surface area (Å²) in [6.07, 6.45) is 9.70. The van der Waals surface area contributed by atoms with Crippen molar-refractivity contribution < 1.29 is 14.4 Å². The highest BCUT2D eigenvalue weighted by molar-refractivity contribution is 6.07. The fraction of sp³-hybridized carbons (Fsp3) is 0.467. The van der Waals surface area contributed by atoms with Gasteiger partial charge < -0.3 is 36.0 Å². The SMILES string of the molecule is CNc1ccc(C(=O)Nc2ccc(N(C)C)nn2)c(NC2CCC(N(C)C(=O)CN3CCN(c4ccc(Nc5ncc6c(C)c(C(C)=O)c(=O)n(C7CCCC7)c6n5)nc4)CC3)C2)n1. The first-order chi connectivity index (χ1) is 30.9. The molecule has 336 valence electrons. The maximum atomic E-state index is 13.6. The van der Waals surface area contributed by atoms with E-state index in [4.69, 9.17) is 4.98 Å². The van der Waals surface area contributed by atoms with Gasteiger partial charge in [-0.2, -0.15) is 4.98 Å². The third-order valence-corrected chi connectivity index (χ3v) is 12.8. The minimum absolute atomic E-state index is 0.00468. The number of nitrogens with zero attached hydrogens (tertiary/aromatic N) is 11. The summed E-state index contributed by atoms with van der Waals surface area (Å²) in [5.74, 6) is 2.49. The van der Waals surface area contributed by atoms with Crippen LogP contribution in [-0.4, -0.2) is 135 Å². The molecule has 5 aromatic rings. The summed E-state index contributed by atoms with van der Waals surface area (Å²) in [6.45, 7) is 6.52. The molecule has 2 atom stereocenters. The molecule has 2 unspecified atom stereocenters. The van der Waals surface area contributed by atoms with Gasteiger partial charge in [0.05, 0.1) is 29.6 Å². The number of rotatable bonds is 14. The van der Waals surface area contributed by atoms with E-state index < -0.39 is 0 Å². The van der Waals surface area contributed by atoms with Crippen LogP contribution in [0.25, 0.3) is 11.0 Å². The van der Waals surface area contributed by atoms with Crippen LogP contribution in [0.3, 0.4) is 0 Å². The molecule has 0 spiro atoms. The molecule has 64 heavy (non-hydrogen) atoms. The lowest BCUT2D eigenvalue weighted by Gasteiger charge is -2.36. The Bertz CT molecular complexity index is 2570. The van der Waals surface area contributed by atoms with Gasteiger partial charge in [0.2, 0.25) is 11.9 Å². The Labute approximate surface area is 372 Å².